The zero-order valence-corrected chi connectivity index (χ0v) is 18.6. The summed E-state index contributed by atoms with van der Waals surface area (Å²) in [4.78, 5) is 4.57. The van der Waals surface area contributed by atoms with Crippen LogP contribution < -0.4 is 0 Å². The topological polar surface area (TPSA) is 26.5 Å². The predicted molar refractivity (Wildman–Crippen MR) is 127 cm³/mol. The molecule has 0 N–H and O–H groups in total. The quantitative estimate of drug-likeness (QED) is 0.267. The number of benzene rings is 3. The van der Waals surface area contributed by atoms with Gasteiger partial charge in [-0.05, 0) is 18.1 Å². The molecule has 0 spiro atoms. The van der Waals surface area contributed by atoms with Gasteiger partial charge in [0.05, 0.1) is 6.54 Å². The summed E-state index contributed by atoms with van der Waals surface area (Å²) in [6, 6.07) is 30.6. The van der Waals surface area contributed by atoms with Crippen molar-refractivity contribution in [1.29, 1.82) is 0 Å². The fourth-order valence-electron chi connectivity index (χ4n) is 2.58. The van der Waals surface area contributed by atoms with Crippen LogP contribution in [0, 0.1) is 0 Å². The average molecular weight is 445 g/mol. The molecule has 3 rings (SSSR count). The van der Waals surface area contributed by atoms with E-state index >= 15 is 0 Å². The number of aliphatic imine (C=N–C) groups is 1. The maximum atomic E-state index is 4.57. The summed E-state index contributed by atoms with van der Waals surface area (Å²) in [6.45, 7) is 9.10. The molecule has 2 nitrogen and oxygen atoms in total. The van der Waals surface area contributed by atoms with Gasteiger partial charge in [-0.2, -0.15) is 5.70 Å². The van der Waals surface area contributed by atoms with E-state index in [1.165, 1.54) is 16.7 Å². The molecule has 0 fully saturated rings. The first-order chi connectivity index (χ1) is 14.2. The van der Waals surface area contributed by atoms with Gasteiger partial charge in [-0.15, -0.1) is 6.54 Å². The van der Waals surface area contributed by atoms with Gasteiger partial charge in [-0.25, -0.2) is 0 Å². The molecule has 0 unspecified atom stereocenters. The molecule has 0 aliphatic carbocycles. The van der Waals surface area contributed by atoms with E-state index in [2.05, 4.69) is 41.2 Å². The van der Waals surface area contributed by atoms with Gasteiger partial charge >= 0.3 is 17.1 Å². The second-order valence-corrected chi connectivity index (χ2v) is 6.65. The normalized spacial score (nSPS) is 10.9. The summed E-state index contributed by atoms with van der Waals surface area (Å²) in [5, 5.41) is 4.57. The van der Waals surface area contributed by atoms with Crippen LogP contribution in [-0.4, -0.2) is 5.71 Å². The zero-order chi connectivity index (χ0) is 20.7. The maximum absolute atomic E-state index is 4.57. The van der Waals surface area contributed by atoms with E-state index in [0.717, 1.165) is 24.5 Å². The van der Waals surface area contributed by atoms with Gasteiger partial charge in [-0.1, -0.05) is 122 Å². The Morgan fingerprint density at radius 3 is 1.80 bits per heavy atom. The van der Waals surface area contributed by atoms with E-state index in [0.29, 0.717) is 0 Å². The summed E-state index contributed by atoms with van der Waals surface area (Å²) in [5.41, 5.74) is 5.64. The van der Waals surface area contributed by atoms with Crippen LogP contribution in [0.5, 0.6) is 0 Å². The van der Waals surface area contributed by atoms with E-state index in [-0.39, 0.29) is 17.1 Å². The van der Waals surface area contributed by atoms with Crippen molar-refractivity contribution < 1.29 is 17.1 Å². The van der Waals surface area contributed by atoms with E-state index in [9.17, 15) is 0 Å². The van der Waals surface area contributed by atoms with Crippen LogP contribution in [0.1, 0.15) is 30.5 Å². The predicted octanol–water partition coefficient (Wildman–Crippen LogP) is 7.45. The standard InChI is InChI=1S/C19H21N2.C8H8.Cu/c1-16(20-14-18-9-5-3-6-10-18)13-17(2)21-15-19-11-7-4-8-12-19;1-2-8-6-4-3-5-7-8;/h3-13H,14-15H2,1-2H3;2-7H,1H2;/q-1;;+1/b16-13-,21-17?;;. The van der Waals surface area contributed by atoms with Gasteiger partial charge < -0.3 is 5.32 Å². The fraction of sp³-hybridized carbons (Fsp3) is 0.148. The fourth-order valence-corrected chi connectivity index (χ4v) is 2.58. The molecule has 0 aliphatic rings. The number of allylic oxidation sites excluding steroid dienone is 2. The van der Waals surface area contributed by atoms with E-state index in [4.69, 9.17) is 0 Å². The number of nitrogens with zero attached hydrogens (tertiary/aromatic N) is 2. The molecule has 0 saturated heterocycles. The Bertz CT molecular complexity index is 901. The molecule has 0 bridgehead atoms. The summed E-state index contributed by atoms with van der Waals surface area (Å²) in [7, 11) is 0. The third kappa shape index (κ3) is 10.6. The van der Waals surface area contributed by atoms with Gasteiger partial charge in [0.25, 0.3) is 0 Å². The van der Waals surface area contributed by atoms with Crippen LogP contribution in [0.2, 0.25) is 0 Å². The second kappa shape index (κ2) is 15.0. The van der Waals surface area contributed by atoms with Gasteiger partial charge in [0.1, 0.15) is 0 Å². The second-order valence-electron chi connectivity index (χ2n) is 6.65. The molecule has 0 saturated carbocycles. The SMILES string of the molecule is C=Cc1ccccc1.CC(/C=C(/C)[N-]Cc1ccccc1)=NCc1ccccc1.[Cu+]. The molecule has 0 aromatic heterocycles. The Kier molecular flexibility index (Phi) is 12.6. The first-order valence-corrected chi connectivity index (χ1v) is 9.79. The molecule has 3 aromatic rings. The molecule has 158 valence electrons. The van der Waals surface area contributed by atoms with Crippen LogP contribution in [0.25, 0.3) is 11.4 Å². The third-order valence-corrected chi connectivity index (χ3v) is 4.16. The molecular weight excluding hydrogens is 416 g/mol. The molecule has 3 aromatic carbocycles. The molecule has 3 heteroatoms. The summed E-state index contributed by atoms with van der Waals surface area (Å²) >= 11 is 0. The maximum Gasteiger partial charge on any atom is 1.00 e. The largest absolute Gasteiger partial charge is 1.00 e. The first-order valence-electron chi connectivity index (χ1n) is 9.79. The molecule has 0 aliphatic heterocycles. The molecule has 0 atom stereocenters. The molecule has 0 radical (unpaired) electrons. The van der Waals surface area contributed by atoms with Crippen LogP contribution in [0.4, 0.5) is 0 Å². The number of hydrogen-bond donors (Lipinski definition) is 0. The molecule has 30 heavy (non-hydrogen) atoms. The molecule has 0 heterocycles. The van der Waals surface area contributed by atoms with Crippen molar-refractivity contribution in [3.63, 3.8) is 0 Å². The van der Waals surface area contributed by atoms with Crippen LogP contribution in [-0.2, 0) is 30.2 Å². The van der Waals surface area contributed by atoms with Gasteiger partial charge in [0, 0.05) is 5.71 Å². The average Bonchev–Trinajstić information content (AvgIpc) is 2.79. The van der Waals surface area contributed by atoms with Crippen molar-refractivity contribution >= 4 is 11.8 Å². The van der Waals surface area contributed by atoms with Gasteiger partial charge in [-0.3, -0.25) is 4.99 Å². The van der Waals surface area contributed by atoms with Crippen molar-refractivity contribution in [3.8, 4) is 0 Å². The third-order valence-electron chi connectivity index (χ3n) is 4.16. The minimum Gasteiger partial charge on any atom is -0.684 e. The smallest absolute Gasteiger partial charge is 0.684 e. The summed E-state index contributed by atoms with van der Waals surface area (Å²) in [6.07, 6.45) is 3.87. The Hall–Kier alpha value is -2.87. The van der Waals surface area contributed by atoms with Crippen LogP contribution in [0.3, 0.4) is 0 Å². The number of hydrogen-bond acceptors (Lipinski definition) is 1. The zero-order valence-electron chi connectivity index (χ0n) is 17.6. The Morgan fingerprint density at radius 1 is 0.800 bits per heavy atom. The summed E-state index contributed by atoms with van der Waals surface area (Å²) in [5.74, 6) is 0. The Balaban J connectivity index is 0.000000421. The minimum absolute atomic E-state index is 0. The van der Waals surface area contributed by atoms with Gasteiger partial charge in [0.15, 0.2) is 0 Å². The van der Waals surface area contributed by atoms with Crippen molar-refractivity contribution in [2.75, 3.05) is 0 Å². The summed E-state index contributed by atoms with van der Waals surface area (Å²) < 4.78 is 0. The van der Waals surface area contributed by atoms with Gasteiger partial charge in [0.2, 0.25) is 0 Å². The van der Waals surface area contributed by atoms with Crippen molar-refractivity contribution in [2.24, 2.45) is 4.99 Å². The van der Waals surface area contributed by atoms with E-state index in [1.807, 2.05) is 92.7 Å². The van der Waals surface area contributed by atoms with Crippen LogP contribution >= 0.6 is 0 Å². The van der Waals surface area contributed by atoms with Crippen molar-refractivity contribution in [3.05, 3.63) is 131 Å². The minimum atomic E-state index is 0. The first kappa shape index (κ1) is 25.2. The number of rotatable bonds is 7. The Labute approximate surface area is 191 Å². The van der Waals surface area contributed by atoms with E-state index in [1.54, 1.807) is 0 Å². The van der Waals surface area contributed by atoms with E-state index < -0.39 is 0 Å². The Morgan fingerprint density at radius 2 is 1.30 bits per heavy atom. The van der Waals surface area contributed by atoms with Crippen LogP contribution in [0.15, 0.2) is 114 Å². The van der Waals surface area contributed by atoms with Crippen molar-refractivity contribution in [1.82, 2.24) is 0 Å². The molecular formula is C27H29CuN2. The monoisotopic (exact) mass is 444 g/mol. The van der Waals surface area contributed by atoms with Crippen molar-refractivity contribution in [2.45, 2.75) is 26.9 Å². The molecule has 0 amide bonds.